The van der Waals surface area contributed by atoms with Crippen LogP contribution >= 0.6 is 0 Å². The zero-order valence-electron chi connectivity index (χ0n) is 12.2. The first-order chi connectivity index (χ1) is 9.82. The standard InChI is InChI=1S/C10H15B10/c1-3-5-7-9-10(8-6-4-2)11-13-14-15-16-17-18-19-20(9)12-10/h3-4,9H,1-2,5-8H2/t9-,10+/m1/s1. The smallest absolute Gasteiger partial charge is 0.0611 e. The average Bonchev–Trinajstić information content (AvgIpc) is 2.51. The third-order valence-corrected chi connectivity index (χ3v) is 4.42. The molecule has 3 rings (SSSR count). The number of hydrogen-bond donors (Lipinski definition) is 0. The SMILES string of the molecule is C=CCC[C@H]1B2[B][B][B][B][B][B][B][B][C@@]1(CCC=C)[B]2. The molecule has 9 radical (unpaired) electrons. The molecule has 3 heterocycles. The Morgan fingerprint density at radius 2 is 1.65 bits per heavy atom. The first-order valence-corrected chi connectivity index (χ1v) is 7.59. The van der Waals surface area contributed by atoms with Crippen LogP contribution in [0.3, 0.4) is 0 Å². The highest BCUT2D eigenvalue weighted by atomic mass is 14.2. The highest BCUT2D eigenvalue weighted by Crippen LogP contribution is 2.55. The van der Waals surface area contributed by atoms with Gasteiger partial charge in [0.2, 0.25) is 0 Å². The molecule has 0 amide bonds. The third kappa shape index (κ3) is 4.08. The van der Waals surface area contributed by atoms with Crippen LogP contribution in [0.1, 0.15) is 25.7 Å². The van der Waals surface area contributed by atoms with Crippen molar-refractivity contribution < 1.29 is 0 Å². The molecule has 3 aliphatic rings. The van der Waals surface area contributed by atoms with E-state index in [1.807, 2.05) is 12.2 Å². The van der Waals surface area contributed by atoms with E-state index in [1.165, 1.54) is 12.8 Å². The van der Waals surface area contributed by atoms with Gasteiger partial charge in [0.15, 0.2) is 0 Å². The monoisotopic (exact) mass is 245 g/mol. The van der Waals surface area contributed by atoms with Crippen LogP contribution in [0.25, 0.3) is 0 Å². The molecule has 0 N–H and O–H groups in total. The van der Waals surface area contributed by atoms with Crippen LogP contribution in [0.2, 0.25) is 11.0 Å². The molecule has 0 aromatic carbocycles. The maximum Gasteiger partial charge on any atom is 0.0611 e. The van der Waals surface area contributed by atoms with Gasteiger partial charge >= 0.3 is 0 Å². The van der Waals surface area contributed by atoms with Gasteiger partial charge in [-0.1, -0.05) is 30.8 Å². The molecule has 0 aliphatic carbocycles. The van der Waals surface area contributed by atoms with Gasteiger partial charge in [0.25, 0.3) is 0 Å². The summed E-state index contributed by atoms with van der Waals surface area (Å²) in [6.45, 7) is 8.34. The summed E-state index contributed by atoms with van der Waals surface area (Å²) in [5.41, 5.74) is 0. The highest BCUT2D eigenvalue weighted by Gasteiger charge is 2.51. The fraction of sp³-hybridized carbons (Fsp3) is 0.600. The summed E-state index contributed by atoms with van der Waals surface area (Å²) in [4.78, 5) is 0. The Balaban J connectivity index is 2.03. The summed E-state index contributed by atoms with van der Waals surface area (Å²) in [5, 5.41) is 0.237. The molecule has 0 nitrogen and oxygen atoms in total. The van der Waals surface area contributed by atoms with E-state index < -0.39 is 0 Å². The van der Waals surface area contributed by atoms with Gasteiger partial charge in [0.1, 0.15) is 0 Å². The number of rotatable bonds is 6. The van der Waals surface area contributed by atoms with E-state index in [9.17, 15) is 0 Å². The molecule has 0 aromatic heterocycles. The molecule has 0 unspecified atom stereocenters. The van der Waals surface area contributed by atoms with Gasteiger partial charge in [-0.3, -0.25) is 0 Å². The second kappa shape index (κ2) is 8.54. The quantitative estimate of drug-likeness (QED) is 0.442. The zero-order chi connectivity index (χ0) is 14.3. The van der Waals surface area contributed by atoms with Crippen molar-refractivity contribution in [2.45, 2.75) is 36.7 Å². The lowest BCUT2D eigenvalue weighted by atomic mass is 8.75. The van der Waals surface area contributed by atoms with E-state index in [0.29, 0.717) is 12.3 Å². The van der Waals surface area contributed by atoms with Gasteiger partial charge in [-0.05, 0) is 12.8 Å². The van der Waals surface area contributed by atoms with Crippen molar-refractivity contribution in [3.05, 3.63) is 25.3 Å². The van der Waals surface area contributed by atoms with E-state index in [2.05, 4.69) is 76.9 Å². The fourth-order valence-electron chi connectivity index (χ4n) is 3.35. The highest BCUT2D eigenvalue weighted by molar-refractivity contribution is 7.73. The predicted molar refractivity (Wildman–Crippen MR) is 103 cm³/mol. The first kappa shape index (κ1) is 16.5. The van der Waals surface area contributed by atoms with Crippen LogP contribution in [0, 0.1) is 0 Å². The Morgan fingerprint density at radius 1 is 0.950 bits per heavy atom. The van der Waals surface area contributed by atoms with Crippen molar-refractivity contribution in [2.24, 2.45) is 0 Å². The summed E-state index contributed by atoms with van der Waals surface area (Å²) >= 11 is 0. The fourth-order valence-corrected chi connectivity index (χ4v) is 3.35. The predicted octanol–water partition coefficient (Wildman–Crippen LogP) is -0.337. The Hall–Kier alpha value is 0.129. The lowest BCUT2D eigenvalue weighted by Crippen LogP contribution is -2.62. The molecule has 3 fully saturated rings. The molecule has 3 aliphatic heterocycles. The first-order valence-electron chi connectivity index (χ1n) is 7.59. The number of hydrogen-bond acceptors (Lipinski definition) is 0. The minimum atomic E-state index is 0.237. The van der Waals surface area contributed by atoms with Crippen molar-refractivity contribution in [1.29, 1.82) is 0 Å². The Kier molecular flexibility index (Phi) is 7.05. The van der Waals surface area contributed by atoms with Crippen molar-refractivity contribution >= 4 is 70.3 Å². The van der Waals surface area contributed by atoms with E-state index in [1.54, 1.807) is 0 Å². The normalized spacial score (nSPS) is 27.4. The van der Waals surface area contributed by atoms with Crippen LogP contribution < -0.4 is 0 Å². The molecule has 0 saturated carbocycles. The molecular weight excluding hydrogens is 228 g/mol. The van der Waals surface area contributed by atoms with Gasteiger partial charge < -0.3 is 0 Å². The molecule has 0 aromatic rings. The van der Waals surface area contributed by atoms with Crippen molar-refractivity contribution in [2.75, 3.05) is 0 Å². The van der Waals surface area contributed by atoms with Gasteiger partial charge in [0, 0.05) is 49.4 Å². The Bertz CT molecular complexity index is 319. The van der Waals surface area contributed by atoms with Crippen LogP contribution in [0.5, 0.6) is 0 Å². The van der Waals surface area contributed by atoms with Crippen LogP contribution in [0.15, 0.2) is 25.3 Å². The van der Waals surface area contributed by atoms with Gasteiger partial charge in [-0.25, -0.2) is 0 Å². The van der Waals surface area contributed by atoms with Crippen molar-refractivity contribution in [3.63, 3.8) is 0 Å². The zero-order valence-corrected chi connectivity index (χ0v) is 12.2. The Morgan fingerprint density at radius 3 is 2.40 bits per heavy atom. The van der Waals surface area contributed by atoms with Gasteiger partial charge in [0.05, 0.1) is 20.8 Å². The minimum Gasteiger partial charge on any atom is -0.104 e. The lowest BCUT2D eigenvalue weighted by Gasteiger charge is -2.56. The summed E-state index contributed by atoms with van der Waals surface area (Å²) in [5.74, 6) is 0.688. The Labute approximate surface area is 132 Å². The number of allylic oxidation sites excluding steroid dienone is 2. The summed E-state index contributed by atoms with van der Waals surface area (Å²) in [6, 6.07) is 0. The third-order valence-electron chi connectivity index (χ3n) is 4.42. The topological polar surface area (TPSA) is 0 Å². The van der Waals surface area contributed by atoms with Crippen LogP contribution in [-0.2, 0) is 0 Å². The van der Waals surface area contributed by atoms with E-state index >= 15 is 0 Å². The average molecular weight is 243 g/mol. The molecule has 20 heavy (non-hydrogen) atoms. The van der Waals surface area contributed by atoms with E-state index in [4.69, 9.17) is 0 Å². The molecule has 3 saturated heterocycles. The second-order valence-electron chi connectivity index (χ2n) is 5.67. The number of fused-ring (bicyclic) bond motifs is 7. The summed E-state index contributed by atoms with van der Waals surface area (Å²) in [6.07, 6.45) is 8.62. The maximum atomic E-state index is 3.88. The van der Waals surface area contributed by atoms with Gasteiger partial charge in [-0.2, -0.15) is 0 Å². The van der Waals surface area contributed by atoms with E-state index in [0.717, 1.165) is 12.8 Å². The molecule has 85 valence electrons. The minimum absolute atomic E-state index is 0.237. The molecule has 2 atom stereocenters. The van der Waals surface area contributed by atoms with Gasteiger partial charge in [-0.15, -0.1) is 18.4 Å². The van der Waals surface area contributed by atoms with Crippen molar-refractivity contribution in [3.8, 4) is 0 Å². The molecular formula is C10H15B10. The molecule has 0 spiro atoms. The van der Waals surface area contributed by atoms with Crippen LogP contribution in [0.4, 0.5) is 0 Å². The van der Waals surface area contributed by atoms with Crippen LogP contribution in [-0.4, -0.2) is 70.3 Å². The second-order valence-corrected chi connectivity index (χ2v) is 5.67. The lowest BCUT2D eigenvalue weighted by molar-refractivity contribution is 0.572. The molecule has 10 heteroatoms. The summed E-state index contributed by atoms with van der Waals surface area (Å²) in [7, 11) is 20.0. The maximum absolute atomic E-state index is 3.88. The van der Waals surface area contributed by atoms with E-state index in [-0.39, 0.29) is 5.21 Å². The largest absolute Gasteiger partial charge is 0.104 e. The summed E-state index contributed by atoms with van der Waals surface area (Å²) < 4.78 is 0. The molecule has 2 bridgehead atoms. The van der Waals surface area contributed by atoms with Crippen molar-refractivity contribution in [1.82, 2.24) is 0 Å².